The van der Waals surface area contributed by atoms with Crippen LogP contribution in [0.1, 0.15) is 19.8 Å². The van der Waals surface area contributed by atoms with Crippen molar-refractivity contribution in [3.8, 4) is 0 Å². The number of nitrogens with one attached hydrogen (secondary N) is 1. The second-order valence-electron chi connectivity index (χ2n) is 2.78. The van der Waals surface area contributed by atoms with E-state index in [1.165, 1.54) is 0 Å². The summed E-state index contributed by atoms with van der Waals surface area (Å²) in [5, 5.41) is 12.4. The second kappa shape index (κ2) is 2.03. The van der Waals surface area contributed by atoms with Crippen molar-refractivity contribution in [2.75, 3.05) is 13.1 Å². The number of hydrogen-bond donors (Lipinski definition) is 2. The highest BCUT2D eigenvalue weighted by Crippen LogP contribution is 2.13. The molecule has 0 aromatic carbocycles. The van der Waals surface area contributed by atoms with E-state index in [1.54, 1.807) is 0 Å². The van der Waals surface area contributed by atoms with Crippen LogP contribution >= 0.6 is 0 Å². The summed E-state index contributed by atoms with van der Waals surface area (Å²) in [6.45, 7) is 3.70. The van der Waals surface area contributed by atoms with Crippen LogP contribution in [0.15, 0.2) is 0 Å². The first-order valence-electron chi connectivity index (χ1n) is 3.14. The first kappa shape index (κ1) is 6.05. The van der Waals surface area contributed by atoms with E-state index in [0.717, 1.165) is 25.9 Å². The number of piperidine rings is 1. The maximum absolute atomic E-state index is 9.31. The molecule has 1 fully saturated rings. The maximum atomic E-state index is 9.31. The molecular weight excluding hydrogens is 102 g/mol. The molecule has 1 heterocycles. The Morgan fingerprint density at radius 1 is 1.62 bits per heavy atom. The van der Waals surface area contributed by atoms with Crippen LogP contribution in [0.2, 0.25) is 0 Å². The Balaban J connectivity index is 2.33. The fourth-order valence-electron chi connectivity index (χ4n) is 1.04. The fourth-order valence-corrected chi connectivity index (χ4v) is 1.04. The monoisotopic (exact) mass is 115 g/mol. The molecule has 0 aromatic rings. The van der Waals surface area contributed by atoms with E-state index in [9.17, 15) is 5.11 Å². The molecule has 0 amide bonds. The first-order valence-corrected chi connectivity index (χ1v) is 3.14. The summed E-state index contributed by atoms with van der Waals surface area (Å²) in [7, 11) is 0. The van der Waals surface area contributed by atoms with Gasteiger partial charge in [0.2, 0.25) is 0 Å². The second-order valence-corrected chi connectivity index (χ2v) is 2.78. The van der Waals surface area contributed by atoms with Crippen LogP contribution in [0.3, 0.4) is 0 Å². The van der Waals surface area contributed by atoms with Crippen molar-refractivity contribution in [2.24, 2.45) is 0 Å². The van der Waals surface area contributed by atoms with Crippen molar-refractivity contribution >= 4 is 0 Å². The summed E-state index contributed by atoms with van der Waals surface area (Å²) in [6, 6.07) is 0. The number of rotatable bonds is 0. The molecule has 0 aromatic heterocycles. The number of hydrogen-bond acceptors (Lipinski definition) is 2. The molecule has 0 bridgehead atoms. The van der Waals surface area contributed by atoms with Crippen molar-refractivity contribution in [3.63, 3.8) is 0 Å². The summed E-state index contributed by atoms with van der Waals surface area (Å²) >= 11 is 0. The lowest BCUT2D eigenvalue weighted by Gasteiger charge is -2.28. The molecular formula is C6H13NO. The zero-order valence-electron chi connectivity index (χ0n) is 5.28. The van der Waals surface area contributed by atoms with Crippen LogP contribution in [0, 0.1) is 0 Å². The molecule has 48 valence electrons. The summed E-state index contributed by atoms with van der Waals surface area (Å²) in [6.07, 6.45) is 2.05. The normalized spacial score (nSPS) is 39.8. The highest BCUT2D eigenvalue weighted by Gasteiger charge is 2.21. The lowest BCUT2D eigenvalue weighted by Crippen LogP contribution is -2.42. The lowest BCUT2D eigenvalue weighted by molar-refractivity contribution is 0.0351. The van der Waals surface area contributed by atoms with Gasteiger partial charge in [-0.2, -0.15) is 0 Å². The Morgan fingerprint density at radius 3 is 2.62 bits per heavy atom. The minimum absolute atomic E-state index is 0.432. The largest absolute Gasteiger partial charge is 0.389 e. The van der Waals surface area contributed by atoms with Gasteiger partial charge >= 0.3 is 0 Å². The quantitative estimate of drug-likeness (QED) is 0.470. The van der Waals surface area contributed by atoms with E-state index in [1.807, 2.05) is 6.92 Å². The standard InChI is InChI=1S/C6H13NO/c1-6(8)3-2-4-7-5-6/h7-8H,2-5H2,1H3/t6-/m1/s1. The summed E-state index contributed by atoms with van der Waals surface area (Å²) in [5.74, 6) is 0. The third kappa shape index (κ3) is 1.46. The van der Waals surface area contributed by atoms with Gasteiger partial charge in [-0.25, -0.2) is 0 Å². The zero-order valence-corrected chi connectivity index (χ0v) is 5.28. The average Bonchev–Trinajstić information content (AvgIpc) is 1.65. The topological polar surface area (TPSA) is 32.3 Å². The SMILES string of the molecule is C[C@@]1(O)CCCNC1. The van der Waals surface area contributed by atoms with E-state index >= 15 is 0 Å². The molecule has 1 atom stereocenters. The highest BCUT2D eigenvalue weighted by atomic mass is 16.3. The summed E-state index contributed by atoms with van der Waals surface area (Å²) < 4.78 is 0. The molecule has 1 saturated heterocycles. The molecule has 0 unspecified atom stereocenters. The van der Waals surface area contributed by atoms with Gasteiger partial charge in [-0.15, -0.1) is 0 Å². The van der Waals surface area contributed by atoms with E-state index in [0.29, 0.717) is 0 Å². The van der Waals surface area contributed by atoms with Gasteiger partial charge < -0.3 is 10.4 Å². The molecule has 2 N–H and O–H groups in total. The van der Waals surface area contributed by atoms with Gasteiger partial charge in [0.05, 0.1) is 5.60 Å². The average molecular weight is 115 g/mol. The molecule has 0 aliphatic carbocycles. The fraction of sp³-hybridized carbons (Fsp3) is 1.00. The molecule has 2 nitrogen and oxygen atoms in total. The van der Waals surface area contributed by atoms with Crippen LogP contribution in [-0.4, -0.2) is 23.8 Å². The Bertz CT molecular complexity index is 72.6. The molecule has 0 saturated carbocycles. The molecule has 0 spiro atoms. The van der Waals surface area contributed by atoms with Crippen LogP contribution in [-0.2, 0) is 0 Å². The predicted molar refractivity (Wildman–Crippen MR) is 32.7 cm³/mol. The minimum Gasteiger partial charge on any atom is -0.389 e. The molecule has 1 aliphatic rings. The van der Waals surface area contributed by atoms with Crippen molar-refractivity contribution in [1.82, 2.24) is 5.32 Å². The van der Waals surface area contributed by atoms with Gasteiger partial charge in [-0.3, -0.25) is 0 Å². The van der Waals surface area contributed by atoms with Gasteiger partial charge in [0.25, 0.3) is 0 Å². The van der Waals surface area contributed by atoms with E-state index in [4.69, 9.17) is 0 Å². The Labute approximate surface area is 49.9 Å². The van der Waals surface area contributed by atoms with Crippen LogP contribution in [0.5, 0.6) is 0 Å². The van der Waals surface area contributed by atoms with Crippen molar-refractivity contribution in [1.29, 1.82) is 0 Å². The number of β-amino-alcohol motifs (C(OH)–C–C–N with tert-alkyl or cyclic N) is 1. The highest BCUT2D eigenvalue weighted by molar-refractivity contribution is 4.79. The van der Waals surface area contributed by atoms with E-state index in [2.05, 4.69) is 5.32 Å². The third-order valence-corrected chi connectivity index (χ3v) is 1.57. The molecule has 2 heteroatoms. The molecule has 1 aliphatic heterocycles. The Morgan fingerprint density at radius 2 is 2.38 bits per heavy atom. The lowest BCUT2D eigenvalue weighted by atomic mass is 9.97. The summed E-state index contributed by atoms with van der Waals surface area (Å²) in [4.78, 5) is 0. The van der Waals surface area contributed by atoms with E-state index in [-0.39, 0.29) is 0 Å². The molecule has 0 radical (unpaired) electrons. The van der Waals surface area contributed by atoms with Crippen molar-refractivity contribution in [3.05, 3.63) is 0 Å². The summed E-state index contributed by atoms with van der Waals surface area (Å²) in [5.41, 5.74) is -0.432. The van der Waals surface area contributed by atoms with Crippen molar-refractivity contribution in [2.45, 2.75) is 25.4 Å². The van der Waals surface area contributed by atoms with Crippen LogP contribution in [0.25, 0.3) is 0 Å². The smallest absolute Gasteiger partial charge is 0.0744 e. The number of aliphatic hydroxyl groups is 1. The minimum atomic E-state index is -0.432. The van der Waals surface area contributed by atoms with Crippen molar-refractivity contribution < 1.29 is 5.11 Å². The third-order valence-electron chi connectivity index (χ3n) is 1.57. The van der Waals surface area contributed by atoms with Gasteiger partial charge in [0, 0.05) is 6.54 Å². The van der Waals surface area contributed by atoms with Gasteiger partial charge in [-0.05, 0) is 26.3 Å². The predicted octanol–water partition coefficient (Wildman–Crippen LogP) is 0.121. The first-order chi connectivity index (χ1) is 3.71. The van der Waals surface area contributed by atoms with Crippen LogP contribution < -0.4 is 5.32 Å². The van der Waals surface area contributed by atoms with Gasteiger partial charge in [0.1, 0.15) is 0 Å². The van der Waals surface area contributed by atoms with Crippen LogP contribution in [0.4, 0.5) is 0 Å². The maximum Gasteiger partial charge on any atom is 0.0744 e. The van der Waals surface area contributed by atoms with E-state index < -0.39 is 5.60 Å². The zero-order chi connectivity index (χ0) is 6.04. The Kier molecular flexibility index (Phi) is 1.54. The molecule has 8 heavy (non-hydrogen) atoms. The molecule has 1 rings (SSSR count). The van der Waals surface area contributed by atoms with Gasteiger partial charge in [0.15, 0.2) is 0 Å². The Hall–Kier alpha value is -0.0800. The van der Waals surface area contributed by atoms with Gasteiger partial charge in [-0.1, -0.05) is 0 Å².